The summed E-state index contributed by atoms with van der Waals surface area (Å²) in [5.41, 5.74) is 0. The monoisotopic (exact) mass is 245 g/mol. The van der Waals surface area contributed by atoms with Gasteiger partial charge in [-0.15, -0.1) is 11.6 Å². The van der Waals surface area contributed by atoms with Crippen LogP contribution >= 0.6 is 11.6 Å². The molecule has 0 saturated carbocycles. The Bertz CT molecular complexity index is 220. The molecule has 5 nitrogen and oxygen atoms in total. The van der Waals surface area contributed by atoms with Gasteiger partial charge in [0.05, 0.1) is 13.2 Å². The Balaban J connectivity index is 3.22. The molecule has 0 aliphatic carbocycles. The van der Waals surface area contributed by atoms with E-state index in [4.69, 9.17) is 21.1 Å². The third-order valence-corrected chi connectivity index (χ3v) is 3.16. The van der Waals surface area contributed by atoms with E-state index in [1.807, 2.05) is 0 Å². The molecule has 1 N–H and O–H groups in total. The molecule has 0 rings (SSSR count). The highest BCUT2D eigenvalue weighted by Crippen LogP contribution is 1.89. The van der Waals surface area contributed by atoms with Crippen molar-refractivity contribution < 1.29 is 17.9 Å². The number of alkyl halides is 1. The lowest BCUT2D eigenvalue weighted by atomic mass is 10.5. The SMILES string of the molecule is COCCOCCCNS(=O)(=O)CCl. The third kappa shape index (κ3) is 8.71. The van der Waals surface area contributed by atoms with Gasteiger partial charge in [0.2, 0.25) is 10.0 Å². The number of hydrogen-bond acceptors (Lipinski definition) is 4. The zero-order valence-electron chi connectivity index (χ0n) is 8.16. The van der Waals surface area contributed by atoms with Crippen LogP contribution in [0.5, 0.6) is 0 Å². The van der Waals surface area contributed by atoms with Gasteiger partial charge in [0.1, 0.15) is 5.21 Å². The first-order valence-electron chi connectivity index (χ1n) is 4.22. The molecule has 0 amide bonds. The fraction of sp³-hybridized carbons (Fsp3) is 1.00. The van der Waals surface area contributed by atoms with Crippen LogP contribution in [0.2, 0.25) is 0 Å². The van der Waals surface area contributed by atoms with E-state index in [1.165, 1.54) is 0 Å². The van der Waals surface area contributed by atoms with Crippen LogP contribution < -0.4 is 4.72 Å². The van der Waals surface area contributed by atoms with Crippen molar-refractivity contribution in [1.29, 1.82) is 0 Å². The zero-order chi connectivity index (χ0) is 10.9. The van der Waals surface area contributed by atoms with E-state index in [0.717, 1.165) is 0 Å². The summed E-state index contributed by atoms with van der Waals surface area (Å²) >= 11 is 5.18. The van der Waals surface area contributed by atoms with Crippen LogP contribution in [0.4, 0.5) is 0 Å². The van der Waals surface area contributed by atoms with E-state index < -0.39 is 15.2 Å². The Kier molecular flexibility index (Phi) is 8.50. The van der Waals surface area contributed by atoms with E-state index in [1.54, 1.807) is 7.11 Å². The van der Waals surface area contributed by atoms with E-state index in [0.29, 0.717) is 32.8 Å². The van der Waals surface area contributed by atoms with Crippen molar-refractivity contribution in [1.82, 2.24) is 4.72 Å². The van der Waals surface area contributed by atoms with Crippen LogP contribution in [-0.4, -0.2) is 47.1 Å². The molecule has 0 unspecified atom stereocenters. The van der Waals surface area contributed by atoms with E-state index >= 15 is 0 Å². The molecule has 0 aromatic rings. The molecule has 0 heterocycles. The second-order valence-corrected chi connectivity index (χ2v) is 4.97. The van der Waals surface area contributed by atoms with Crippen molar-refractivity contribution in [3.05, 3.63) is 0 Å². The quantitative estimate of drug-likeness (QED) is 0.464. The van der Waals surface area contributed by atoms with Crippen molar-refractivity contribution >= 4 is 21.6 Å². The molecule has 0 fully saturated rings. The molecule has 0 aromatic carbocycles. The largest absolute Gasteiger partial charge is 0.382 e. The normalized spacial score (nSPS) is 11.9. The number of hydrogen-bond donors (Lipinski definition) is 1. The number of methoxy groups -OCH3 is 1. The first-order chi connectivity index (χ1) is 6.62. The second-order valence-electron chi connectivity index (χ2n) is 2.58. The van der Waals surface area contributed by atoms with Gasteiger partial charge in [0.15, 0.2) is 0 Å². The Morgan fingerprint density at radius 2 is 2.00 bits per heavy atom. The summed E-state index contributed by atoms with van der Waals surface area (Å²) < 4.78 is 33.9. The smallest absolute Gasteiger partial charge is 0.225 e. The minimum atomic E-state index is -3.28. The lowest BCUT2D eigenvalue weighted by molar-refractivity contribution is 0.0699. The Labute approximate surface area is 89.8 Å². The standard InChI is InChI=1S/C7H16ClNO4S/c1-12-5-6-13-4-2-3-9-14(10,11)7-8/h9H,2-7H2,1H3. The van der Waals surface area contributed by atoms with Gasteiger partial charge in [-0.25, -0.2) is 13.1 Å². The number of halogens is 1. The summed E-state index contributed by atoms with van der Waals surface area (Å²) in [7, 11) is -1.69. The lowest BCUT2D eigenvalue weighted by Gasteiger charge is -2.04. The van der Waals surface area contributed by atoms with Crippen LogP contribution in [0.25, 0.3) is 0 Å². The van der Waals surface area contributed by atoms with Crippen LogP contribution in [0.15, 0.2) is 0 Å². The maximum absolute atomic E-state index is 10.8. The van der Waals surface area contributed by atoms with Crippen molar-refractivity contribution in [3.63, 3.8) is 0 Å². The average Bonchev–Trinajstić information content (AvgIpc) is 2.16. The van der Waals surface area contributed by atoms with Crippen LogP contribution in [0.3, 0.4) is 0 Å². The summed E-state index contributed by atoms with van der Waals surface area (Å²) in [6.45, 7) is 1.93. The maximum Gasteiger partial charge on any atom is 0.225 e. The molecule has 0 radical (unpaired) electrons. The molecule has 86 valence electrons. The highest BCUT2D eigenvalue weighted by Gasteiger charge is 2.05. The number of sulfonamides is 1. The van der Waals surface area contributed by atoms with Crippen LogP contribution in [-0.2, 0) is 19.5 Å². The lowest BCUT2D eigenvalue weighted by Crippen LogP contribution is -2.26. The van der Waals surface area contributed by atoms with Crippen molar-refractivity contribution in [2.45, 2.75) is 6.42 Å². The van der Waals surface area contributed by atoms with Gasteiger partial charge in [-0.05, 0) is 6.42 Å². The molecule has 7 heteroatoms. The number of rotatable bonds is 9. The van der Waals surface area contributed by atoms with Gasteiger partial charge in [-0.3, -0.25) is 0 Å². The molecule has 0 aliphatic heterocycles. The topological polar surface area (TPSA) is 64.6 Å². The minimum absolute atomic E-state index is 0.349. The maximum atomic E-state index is 10.8. The number of nitrogens with one attached hydrogen (secondary N) is 1. The van der Waals surface area contributed by atoms with Crippen molar-refractivity contribution in [3.8, 4) is 0 Å². The molecule has 0 saturated heterocycles. The highest BCUT2D eigenvalue weighted by molar-refractivity contribution is 7.90. The fourth-order valence-electron chi connectivity index (χ4n) is 0.685. The molecule has 0 atom stereocenters. The van der Waals surface area contributed by atoms with Gasteiger partial charge in [0.25, 0.3) is 0 Å². The van der Waals surface area contributed by atoms with Gasteiger partial charge in [-0.2, -0.15) is 0 Å². The molecule has 0 bridgehead atoms. The summed E-state index contributed by atoms with van der Waals surface area (Å²) in [6.07, 6.45) is 0.625. The summed E-state index contributed by atoms with van der Waals surface area (Å²) in [4.78, 5) is 0. The summed E-state index contributed by atoms with van der Waals surface area (Å²) in [6, 6.07) is 0. The van der Waals surface area contributed by atoms with Crippen LogP contribution in [0.1, 0.15) is 6.42 Å². The first-order valence-corrected chi connectivity index (χ1v) is 6.41. The minimum Gasteiger partial charge on any atom is -0.382 e. The van der Waals surface area contributed by atoms with E-state index in [9.17, 15) is 8.42 Å². The molecular weight excluding hydrogens is 230 g/mol. The predicted molar refractivity (Wildman–Crippen MR) is 55.0 cm³/mol. The Morgan fingerprint density at radius 3 is 2.57 bits per heavy atom. The van der Waals surface area contributed by atoms with Crippen molar-refractivity contribution in [2.75, 3.05) is 38.7 Å². The Hall–Kier alpha value is 0.120. The van der Waals surface area contributed by atoms with Gasteiger partial charge in [-0.1, -0.05) is 0 Å². The predicted octanol–water partition coefficient (Wildman–Crippen LogP) is 0.155. The zero-order valence-corrected chi connectivity index (χ0v) is 9.73. The molecule has 0 spiro atoms. The molecular formula is C7H16ClNO4S. The first kappa shape index (κ1) is 14.1. The average molecular weight is 246 g/mol. The van der Waals surface area contributed by atoms with E-state index in [-0.39, 0.29) is 0 Å². The summed E-state index contributed by atoms with van der Waals surface area (Å²) in [5.74, 6) is 0. The number of ether oxygens (including phenoxy) is 2. The highest BCUT2D eigenvalue weighted by atomic mass is 35.5. The van der Waals surface area contributed by atoms with E-state index in [2.05, 4.69) is 4.72 Å². The third-order valence-electron chi connectivity index (χ3n) is 1.36. The van der Waals surface area contributed by atoms with Gasteiger partial charge >= 0.3 is 0 Å². The van der Waals surface area contributed by atoms with Gasteiger partial charge < -0.3 is 9.47 Å². The van der Waals surface area contributed by atoms with Crippen LogP contribution in [0, 0.1) is 0 Å². The molecule has 14 heavy (non-hydrogen) atoms. The Morgan fingerprint density at radius 1 is 1.29 bits per heavy atom. The van der Waals surface area contributed by atoms with Crippen molar-refractivity contribution in [2.24, 2.45) is 0 Å². The van der Waals surface area contributed by atoms with Gasteiger partial charge in [0, 0.05) is 20.3 Å². The molecule has 0 aromatic heterocycles. The summed E-state index contributed by atoms with van der Waals surface area (Å²) in [5, 5.41) is -0.405. The second kappa shape index (κ2) is 8.43. The molecule has 0 aliphatic rings. The fourth-order valence-corrected chi connectivity index (χ4v) is 1.45.